The lowest BCUT2D eigenvalue weighted by molar-refractivity contribution is -0.131. The number of benzene rings is 2. The first-order valence-corrected chi connectivity index (χ1v) is 15.5. The monoisotopic (exact) mass is 582 g/mol. The summed E-state index contributed by atoms with van der Waals surface area (Å²) in [6.07, 6.45) is 3.72. The number of piperidine rings is 1. The molecule has 0 saturated carbocycles. The Morgan fingerprint density at radius 3 is 1.91 bits per heavy atom. The van der Waals surface area contributed by atoms with Gasteiger partial charge in [0, 0.05) is 68.5 Å². The summed E-state index contributed by atoms with van der Waals surface area (Å²) in [6.45, 7) is 7.03. The Kier molecular flexibility index (Phi) is 10.4. The summed E-state index contributed by atoms with van der Waals surface area (Å²) < 4.78 is 0. The van der Waals surface area contributed by atoms with Crippen LogP contribution >= 0.6 is 0 Å². The van der Waals surface area contributed by atoms with Gasteiger partial charge in [0.05, 0.1) is 17.9 Å². The molecule has 5 rings (SSSR count). The lowest BCUT2D eigenvalue weighted by Gasteiger charge is -2.42. The number of nitrogens with zero attached hydrogens (tertiary/aromatic N) is 4. The molecule has 4 amide bonds. The third-order valence-electron chi connectivity index (χ3n) is 8.36. The van der Waals surface area contributed by atoms with Gasteiger partial charge in [-0.3, -0.25) is 14.5 Å². The zero-order valence-electron chi connectivity index (χ0n) is 25.0. The summed E-state index contributed by atoms with van der Waals surface area (Å²) >= 11 is 0. The van der Waals surface area contributed by atoms with E-state index in [1.54, 1.807) is 0 Å². The lowest BCUT2D eigenvalue weighted by Crippen LogP contribution is -2.55. The molecule has 0 unspecified atom stereocenters. The second-order valence-electron chi connectivity index (χ2n) is 11.3. The summed E-state index contributed by atoms with van der Waals surface area (Å²) in [7, 11) is 0. The fraction of sp³-hybridized carbons (Fsp3) is 0.412. The summed E-state index contributed by atoms with van der Waals surface area (Å²) in [5.74, 6) is -0.00957. The molecular formula is C34H42N6O3. The van der Waals surface area contributed by atoms with E-state index in [1.807, 2.05) is 82.6 Å². The van der Waals surface area contributed by atoms with Crippen LogP contribution in [0.15, 0.2) is 72.8 Å². The van der Waals surface area contributed by atoms with Gasteiger partial charge in [-0.15, -0.1) is 0 Å². The van der Waals surface area contributed by atoms with Crippen LogP contribution < -0.4 is 10.6 Å². The number of amides is 4. The Morgan fingerprint density at radius 1 is 0.767 bits per heavy atom. The Labute approximate surface area is 254 Å². The molecule has 1 aromatic heterocycles. The third-order valence-corrected chi connectivity index (χ3v) is 8.36. The van der Waals surface area contributed by atoms with Crippen molar-refractivity contribution in [1.82, 2.24) is 30.3 Å². The first-order valence-electron chi connectivity index (χ1n) is 15.5. The van der Waals surface area contributed by atoms with Crippen molar-refractivity contribution in [3.05, 3.63) is 78.4 Å². The number of pyridine rings is 1. The first-order chi connectivity index (χ1) is 21.0. The van der Waals surface area contributed by atoms with Gasteiger partial charge < -0.3 is 20.4 Å². The van der Waals surface area contributed by atoms with Gasteiger partial charge in [0.2, 0.25) is 5.91 Å². The van der Waals surface area contributed by atoms with Gasteiger partial charge in [-0.2, -0.15) is 0 Å². The molecule has 2 aliphatic rings. The highest BCUT2D eigenvalue weighted by Gasteiger charge is 2.30. The third kappa shape index (κ3) is 7.99. The van der Waals surface area contributed by atoms with Gasteiger partial charge in [-0.05, 0) is 31.4 Å². The average Bonchev–Trinajstić information content (AvgIpc) is 3.07. The number of rotatable bonds is 9. The van der Waals surface area contributed by atoms with Gasteiger partial charge in [0.15, 0.2) is 0 Å². The molecule has 0 spiro atoms. The van der Waals surface area contributed by atoms with E-state index < -0.39 is 0 Å². The maximum absolute atomic E-state index is 13.8. The van der Waals surface area contributed by atoms with Crippen molar-refractivity contribution >= 4 is 17.8 Å². The molecule has 9 heteroatoms. The fourth-order valence-electron chi connectivity index (χ4n) is 5.83. The number of hydrogen-bond donors (Lipinski definition) is 2. The predicted molar refractivity (Wildman–Crippen MR) is 168 cm³/mol. The molecule has 226 valence electrons. The normalized spacial score (nSPS) is 16.1. The highest BCUT2D eigenvalue weighted by molar-refractivity contribution is 5.96. The second kappa shape index (κ2) is 14.8. The van der Waals surface area contributed by atoms with E-state index in [1.165, 1.54) is 0 Å². The first kappa shape index (κ1) is 30.2. The van der Waals surface area contributed by atoms with Crippen LogP contribution in [0.3, 0.4) is 0 Å². The number of likely N-dealkylation sites (tertiary alicyclic amines) is 1. The van der Waals surface area contributed by atoms with E-state index in [0.29, 0.717) is 44.3 Å². The number of hydrogen-bond acceptors (Lipinski definition) is 5. The van der Waals surface area contributed by atoms with E-state index in [4.69, 9.17) is 4.98 Å². The Bertz CT molecular complexity index is 1310. The Balaban J connectivity index is 1.15. The molecule has 2 N–H and O–H groups in total. The van der Waals surface area contributed by atoms with Crippen molar-refractivity contribution in [3.63, 3.8) is 0 Å². The lowest BCUT2D eigenvalue weighted by atomic mass is 10.0. The Hall–Kier alpha value is -4.24. The summed E-state index contributed by atoms with van der Waals surface area (Å²) in [5, 5.41) is 5.45. The standard InChI is InChI=1S/C34H42N6O3/c1-2-3-16-35-34(43)36-25-32(41)39-17-14-29(15-18-39)38-19-21-40(22-20-38)33(42)28-23-30(26-10-6-4-7-11-26)37-31(24-28)27-12-8-5-9-13-27/h4-13,23-24,29H,2-3,14-22,25H2,1H3,(H2,35,36,43). The van der Waals surface area contributed by atoms with Crippen molar-refractivity contribution < 1.29 is 14.4 Å². The maximum atomic E-state index is 13.8. The molecule has 0 bridgehead atoms. The second-order valence-corrected chi connectivity index (χ2v) is 11.3. The molecule has 2 aromatic carbocycles. The molecule has 0 radical (unpaired) electrons. The van der Waals surface area contributed by atoms with Gasteiger partial charge in [-0.25, -0.2) is 9.78 Å². The average molecular weight is 583 g/mol. The zero-order valence-corrected chi connectivity index (χ0v) is 25.0. The maximum Gasteiger partial charge on any atom is 0.315 e. The predicted octanol–water partition coefficient (Wildman–Crippen LogP) is 4.26. The van der Waals surface area contributed by atoms with Crippen LogP contribution in [0.5, 0.6) is 0 Å². The minimum atomic E-state index is -0.288. The molecule has 2 aliphatic heterocycles. The van der Waals surface area contributed by atoms with Crippen LogP contribution in [0, 0.1) is 0 Å². The smallest absolute Gasteiger partial charge is 0.315 e. The van der Waals surface area contributed by atoms with Crippen molar-refractivity contribution in [2.75, 3.05) is 52.4 Å². The molecule has 2 fully saturated rings. The zero-order chi connectivity index (χ0) is 30.0. The largest absolute Gasteiger partial charge is 0.341 e. The molecule has 3 aromatic rings. The number of urea groups is 1. The molecule has 9 nitrogen and oxygen atoms in total. The molecule has 0 atom stereocenters. The number of carbonyl (C=O) groups is 3. The van der Waals surface area contributed by atoms with Gasteiger partial charge in [0.1, 0.15) is 0 Å². The minimum absolute atomic E-state index is 0.0242. The van der Waals surface area contributed by atoms with Crippen molar-refractivity contribution in [2.24, 2.45) is 0 Å². The molecule has 43 heavy (non-hydrogen) atoms. The van der Waals surface area contributed by atoms with E-state index in [2.05, 4.69) is 22.5 Å². The van der Waals surface area contributed by atoms with Crippen LogP contribution in [0.4, 0.5) is 4.79 Å². The van der Waals surface area contributed by atoms with Gasteiger partial charge in [0.25, 0.3) is 5.91 Å². The van der Waals surface area contributed by atoms with Crippen molar-refractivity contribution in [1.29, 1.82) is 0 Å². The van der Waals surface area contributed by atoms with E-state index in [0.717, 1.165) is 61.3 Å². The summed E-state index contributed by atoms with van der Waals surface area (Å²) in [4.78, 5) is 49.4. The van der Waals surface area contributed by atoms with Crippen LogP contribution in [-0.4, -0.2) is 95.9 Å². The van der Waals surface area contributed by atoms with Gasteiger partial charge in [-0.1, -0.05) is 74.0 Å². The van der Waals surface area contributed by atoms with Crippen LogP contribution in [0.25, 0.3) is 22.5 Å². The van der Waals surface area contributed by atoms with E-state index >= 15 is 0 Å². The number of unbranched alkanes of at least 4 members (excludes halogenated alkanes) is 1. The van der Waals surface area contributed by atoms with Crippen LogP contribution in [0.1, 0.15) is 43.0 Å². The Morgan fingerprint density at radius 2 is 1.35 bits per heavy atom. The summed E-state index contributed by atoms with van der Waals surface area (Å²) in [5.41, 5.74) is 4.20. The summed E-state index contributed by atoms with van der Waals surface area (Å²) in [6, 6.07) is 23.9. The number of aromatic nitrogens is 1. The topological polar surface area (TPSA) is 97.9 Å². The van der Waals surface area contributed by atoms with Crippen LogP contribution in [-0.2, 0) is 4.79 Å². The quantitative estimate of drug-likeness (QED) is 0.368. The number of carbonyl (C=O) groups excluding carboxylic acids is 3. The van der Waals surface area contributed by atoms with Crippen molar-refractivity contribution in [3.8, 4) is 22.5 Å². The number of piperazine rings is 1. The van der Waals surface area contributed by atoms with Crippen LogP contribution in [0.2, 0.25) is 0 Å². The van der Waals surface area contributed by atoms with Crippen molar-refractivity contribution in [2.45, 2.75) is 38.6 Å². The molecule has 0 aliphatic carbocycles. The van der Waals surface area contributed by atoms with E-state index in [-0.39, 0.29) is 24.4 Å². The SMILES string of the molecule is CCCCNC(=O)NCC(=O)N1CCC(N2CCN(C(=O)c3cc(-c4ccccc4)nc(-c4ccccc4)c3)CC2)CC1. The fourth-order valence-corrected chi connectivity index (χ4v) is 5.83. The van der Waals surface area contributed by atoms with Gasteiger partial charge >= 0.3 is 6.03 Å². The minimum Gasteiger partial charge on any atom is -0.341 e. The molecular weight excluding hydrogens is 540 g/mol. The molecule has 2 saturated heterocycles. The number of nitrogens with one attached hydrogen (secondary N) is 2. The van der Waals surface area contributed by atoms with E-state index in [9.17, 15) is 14.4 Å². The highest BCUT2D eigenvalue weighted by Crippen LogP contribution is 2.26. The highest BCUT2D eigenvalue weighted by atomic mass is 16.2. The molecule has 3 heterocycles.